The number of nitriles is 1. The summed E-state index contributed by atoms with van der Waals surface area (Å²) >= 11 is 5.94. The second kappa shape index (κ2) is 9.89. The van der Waals surface area contributed by atoms with Crippen molar-refractivity contribution in [2.75, 3.05) is 51.7 Å². The summed E-state index contributed by atoms with van der Waals surface area (Å²) < 4.78 is 5.18. The standard InChI is InChI=1S/C17H22ClN5O2/c1-25-16-3-2-14(18)10-15(16)22-17(24)13(11-19)12-21-6-9-23-7-4-20-5-8-23/h2-3,10,12,20-21H,4-9H2,1H3,(H,22,24)/b13-12-. The van der Waals surface area contributed by atoms with Crippen LogP contribution >= 0.6 is 11.6 Å². The summed E-state index contributed by atoms with van der Waals surface area (Å²) in [5.74, 6) is -0.0422. The number of carbonyl (C=O) groups excluding carboxylic acids is 1. The number of ether oxygens (including phenoxy) is 1. The molecule has 3 N–H and O–H groups in total. The molecule has 0 spiro atoms. The summed E-state index contributed by atoms with van der Waals surface area (Å²) in [6, 6.07) is 6.79. The number of hydrogen-bond donors (Lipinski definition) is 3. The van der Waals surface area contributed by atoms with Gasteiger partial charge in [-0.1, -0.05) is 11.6 Å². The van der Waals surface area contributed by atoms with Gasteiger partial charge in [-0.05, 0) is 18.2 Å². The van der Waals surface area contributed by atoms with E-state index < -0.39 is 5.91 Å². The van der Waals surface area contributed by atoms with Crippen LogP contribution in [0.4, 0.5) is 5.69 Å². The maximum atomic E-state index is 12.3. The number of methoxy groups -OCH3 is 1. The van der Waals surface area contributed by atoms with Crippen LogP contribution in [0.2, 0.25) is 5.02 Å². The Bertz CT molecular complexity index is 665. The van der Waals surface area contributed by atoms with Crippen molar-refractivity contribution in [3.63, 3.8) is 0 Å². The first kappa shape index (κ1) is 19.1. The number of carbonyl (C=O) groups is 1. The van der Waals surface area contributed by atoms with E-state index in [9.17, 15) is 10.1 Å². The Hall–Kier alpha value is -2.27. The van der Waals surface area contributed by atoms with E-state index in [4.69, 9.17) is 16.3 Å². The quantitative estimate of drug-likeness (QED) is 0.383. The number of benzene rings is 1. The molecule has 1 saturated heterocycles. The fourth-order valence-corrected chi connectivity index (χ4v) is 2.62. The fourth-order valence-electron chi connectivity index (χ4n) is 2.45. The molecule has 0 aliphatic carbocycles. The number of piperazine rings is 1. The Morgan fingerprint density at radius 1 is 1.48 bits per heavy atom. The molecular formula is C17H22ClN5O2. The molecule has 1 aliphatic heterocycles. The van der Waals surface area contributed by atoms with Crippen LogP contribution in [-0.2, 0) is 4.79 Å². The first-order valence-electron chi connectivity index (χ1n) is 8.05. The summed E-state index contributed by atoms with van der Waals surface area (Å²) in [6.45, 7) is 5.52. The Morgan fingerprint density at radius 3 is 2.92 bits per heavy atom. The summed E-state index contributed by atoms with van der Waals surface area (Å²) in [7, 11) is 1.50. The van der Waals surface area contributed by atoms with Gasteiger partial charge in [-0.15, -0.1) is 0 Å². The molecule has 1 fully saturated rings. The molecule has 0 bridgehead atoms. The highest BCUT2D eigenvalue weighted by molar-refractivity contribution is 6.31. The van der Waals surface area contributed by atoms with Crippen LogP contribution in [0.1, 0.15) is 0 Å². The van der Waals surface area contributed by atoms with Crippen molar-refractivity contribution in [2.24, 2.45) is 0 Å². The fraction of sp³-hybridized carbons (Fsp3) is 0.412. The number of hydrogen-bond acceptors (Lipinski definition) is 6. The first-order valence-corrected chi connectivity index (χ1v) is 8.43. The third kappa shape index (κ3) is 5.94. The van der Waals surface area contributed by atoms with Gasteiger partial charge in [0.2, 0.25) is 0 Å². The number of nitrogens with one attached hydrogen (secondary N) is 3. The van der Waals surface area contributed by atoms with Gasteiger partial charge in [-0.25, -0.2) is 0 Å². The molecule has 0 radical (unpaired) electrons. The van der Waals surface area contributed by atoms with Gasteiger partial charge in [0.1, 0.15) is 17.4 Å². The third-order valence-electron chi connectivity index (χ3n) is 3.80. The minimum atomic E-state index is -0.516. The number of halogens is 1. The second-order valence-corrected chi connectivity index (χ2v) is 5.95. The van der Waals surface area contributed by atoms with Crippen molar-refractivity contribution in [1.82, 2.24) is 15.5 Å². The van der Waals surface area contributed by atoms with E-state index in [-0.39, 0.29) is 5.57 Å². The van der Waals surface area contributed by atoms with Crippen molar-refractivity contribution in [3.05, 3.63) is 35.0 Å². The van der Waals surface area contributed by atoms with E-state index in [0.29, 0.717) is 23.0 Å². The average molecular weight is 364 g/mol. The van der Waals surface area contributed by atoms with Crippen molar-refractivity contribution in [3.8, 4) is 11.8 Å². The second-order valence-electron chi connectivity index (χ2n) is 5.51. The molecule has 1 aromatic rings. The smallest absolute Gasteiger partial charge is 0.267 e. The van der Waals surface area contributed by atoms with Crippen molar-refractivity contribution >= 4 is 23.2 Å². The van der Waals surface area contributed by atoms with Crippen LogP contribution in [0.25, 0.3) is 0 Å². The maximum absolute atomic E-state index is 12.3. The predicted octanol–water partition coefficient (Wildman–Crippen LogP) is 1.19. The maximum Gasteiger partial charge on any atom is 0.267 e. The Labute approximate surface area is 152 Å². The van der Waals surface area contributed by atoms with Crippen LogP contribution in [0.15, 0.2) is 30.0 Å². The van der Waals surface area contributed by atoms with E-state index in [2.05, 4.69) is 20.9 Å². The molecule has 1 aromatic carbocycles. The zero-order valence-corrected chi connectivity index (χ0v) is 14.9. The van der Waals surface area contributed by atoms with Crippen molar-refractivity contribution in [1.29, 1.82) is 5.26 Å². The predicted molar refractivity (Wildman–Crippen MR) is 97.6 cm³/mol. The lowest BCUT2D eigenvalue weighted by Gasteiger charge is -2.26. The Morgan fingerprint density at radius 2 is 2.24 bits per heavy atom. The minimum Gasteiger partial charge on any atom is -0.495 e. The summed E-state index contributed by atoms with van der Waals surface area (Å²) in [6.07, 6.45) is 1.44. The van der Waals surface area contributed by atoms with E-state index in [1.54, 1.807) is 18.2 Å². The molecule has 1 amide bonds. The van der Waals surface area contributed by atoms with Gasteiger partial charge in [0, 0.05) is 50.5 Å². The third-order valence-corrected chi connectivity index (χ3v) is 4.04. The Balaban J connectivity index is 1.89. The van der Waals surface area contributed by atoms with E-state index in [0.717, 1.165) is 32.7 Å². The molecule has 0 aromatic heterocycles. The average Bonchev–Trinajstić information content (AvgIpc) is 2.63. The van der Waals surface area contributed by atoms with Crippen molar-refractivity contribution in [2.45, 2.75) is 0 Å². The zero-order chi connectivity index (χ0) is 18.1. The summed E-state index contributed by atoms with van der Waals surface area (Å²) in [4.78, 5) is 14.6. The minimum absolute atomic E-state index is 0.0117. The van der Waals surface area contributed by atoms with Gasteiger partial charge in [-0.2, -0.15) is 5.26 Å². The van der Waals surface area contributed by atoms with Gasteiger partial charge in [0.25, 0.3) is 5.91 Å². The molecule has 25 heavy (non-hydrogen) atoms. The van der Waals surface area contributed by atoms with Gasteiger partial charge >= 0.3 is 0 Å². The SMILES string of the molecule is COc1ccc(Cl)cc1NC(=O)/C(C#N)=C\NCCN1CCNCC1. The highest BCUT2D eigenvalue weighted by Gasteiger charge is 2.13. The summed E-state index contributed by atoms with van der Waals surface area (Å²) in [5, 5.41) is 18.6. The molecule has 8 heteroatoms. The largest absolute Gasteiger partial charge is 0.495 e. The molecular weight excluding hydrogens is 342 g/mol. The number of nitrogens with zero attached hydrogens (tertiary/aromatic N) is 2. The number of rotatable bonds is 7. The summed E-state index contributed by atoms with van der Waals surface area (Å²) in [5.41, 5.74) is 0.407. The normalized spacial score (nSPS) is 15.3. The molecule has 1 aliphatic rings. The topological polar surface area (TPSA) is 89.4 Å². The lowest BCUT2D eigenvalue weighted by atomic mass is 10.2. The highest BCUT2D eigenvalue weighted by atomic mass is 35.5. The van der Waals surface area contributed by atoms with Crippen LogP contribution in [-0.4, -0.2) is 57.2 Å². The van der Waals surface area contributed by atoms with Crippen LogP contribution in [0.3, 0.4) is 0 Å². The van der Waals surface area contributed by atoms with Gasteiger partial charge in [-0.3, -0.25) is 9.69 Å². The molecule has 0 atom stereocenters. The van der Waals surface area contributed by atoms with Gasteiger partial charge in [0.15, 0.2) is 0 Å². The van der Waals surface area contributed by atoms with Crippen molar-refractivity contribution < 1.29 is 9.53 Å². The molecule has 2 rings (SSSR count). The first-order chi connectivity index (χ1) is 12.1. The van der Waals surface area contributed by atoms with Crippen LogP contribution in [0.5, 0.6) is 5.75 Å². The van der Waals surface area contributed by atoms with E-state index in [1.807, 2.05) is 6.07 Å². The molecule has 1 heterocycles. The van der Waals surface area contributed by atoms with E-state index in [1.165, 1.54) is 13.3 Å². The van der Waals surface area contributed by atoms with Crippen LogP contribution in [0, 0.1) is 11.3 Å². The molecule has 134 valence electrons. The molecule has 0 saturated carbocycles. The number of amides is 1. The van der Waals surface area contributed by atoms with Gasteiger partial charge < -0.3 is 20.7 Å². The lowest BCUT2D eigenvalue weighted by Crippen LogP contribution is -2.45. The monoisotopic (exact) mass is 363 g/mol. The van der Waals surface area contributed by atoms with E-state index >= 15 is 0 Å². The number of anilines is 1. The van der Waals surface area contributed by atoms with Crippen LogP contribution < -0.4 is 20.7 Å². The van der Waals surface area contributed by atoms with Gasteiger partial charge in [0.05, 0.1) is 12.8 Å². The highest BCUT2D eigenvalue weighted by Crippen LogP contribution is 2.27. The molecule has 7 nitrogen and oxygen atoms in total. The Kier molecular flexibility index (Phi) is 7.54. The molecule has 0 unspecified atom stereocenters. The lowest BCUT2D eigenvalue weighted by molar-refractivity contribution is -0.112. The zero-order valence-electron chi connectivity index (χ0n) is 14.1.